The summed E-state index contributed by atoms with van der Waals surface area (Å²) in [5, 5.41) is 2.41. The summed E-state index contributed by atoms with van der Waals surface area (Å²) >= 11 is 0. The molecular weight excluding hydrogens is 335 g/mol. The number of benzene rings is 2. The Hall–Kier alpha value is -2.45. The Morgan fingerprint density at radius 3 is 2.50 bits per heavy atom. The van der Waals surface area contributed by atoms with Crippen LogP contribution in [0.15, 0.2) is 53.4 Å². The number of anilines is 2. The normalized spacial score (nSPS) is 12.6. The van der Waals surface area contributed by atoms with E-state index in [9.17, 15) is 17.6 Å². The number of halogens is 1. The van der Waals surface area contributed by atoms with Crippen molar-refractivity contribution in [3.05, 3.63) is 54.3 Å². The van der Waals surface area contributed by atoms with Crippen molar-refractivity contribution in [3.8, 4) is 0 Å². The van der Waals surface area contributed by atoms with Crippen LogP contribution in [0.1, 0.15) is 13.3 Å². The Kier molecular flexibility index (Phi) is 5.53. The maximum absolute atomic E-state index is 13.4. The first kappa shape index (κ1) is 17.9. The molecule has 3 N–H and O–H groups in total. The van der Waals surface area contributed by atoms with E-state index >= 15 is 0 Å². The molecule has 0 aliphatic carbocycles. The topological polar surface area (TPSA) is 98.5 Å². The molecule has 0 aromatic heterocycles. The highest BCUT2D eigenvalue weighted by Gasteiger charge is 2.26. The fourth-order valence-corrected chi connectivity index (χ4v) is 3.05. The van der Waals surface area contributed by atoms with E-state index in [2.05, 4.69) is 5.32 Å². The van der Waals surface area contributed by atoms with Gasteiger partial charge in [0.1, 0.15) is 5.82 Å². The molecule has 0 bridgehead atoms. The Labute approximate surface area is 139 Å². The highest BCUT2D eigenvalue weighted by molar-refractivity contribution is 7.86. The molecule has 0 spiro atoms. The first-order chi connectivity index (χ1) is 11.3. The third-order valence-corrected chi connectivity index (χ3v) is 4.54. The molecule has 1 atom stereocenters. The largest absolute Gasteiger partial charge is 0.396 e. The number of nitrogens with two attached hydrogens (primary N) is 1. The van der Waals surface area contributed by atoms with Gasteiger partial charge in [-0.15, -0.1) is 0 Å². The van der Waals surface area contributed by atoms with E-state index in [1.807, 2.05) is 0 Å². The fraction of sp³-hybridized carbons (Fsp3) is 0.188. The van der Waals surface area contributed by atoms with E-state index in [0.717, 1.165) is 6.07 Å². The summed E-state index contributed by atoms with van der Waals surface area (Å²) in [6.07, 6.45) is -1.12. The average molecular weight is 352 g/mol. The van der Waals surface area contributed by atoms with Crippen molar-refractivity contribution >= 4 is 27.4 Å². The lowest BCUT2D eigenvalue weighted by Crippen LogP contribution is -2.32. The lowest BCUT2D eigenvalue weighted by molar-refractivity contribution is -0.122. The van der Waals surface area contributed by atoms with E-state index in [1.54, 1.807) is 25.1 Å². The van der Waals surface area contributed by atoms with Gasteiger partial charge in [0, 0.05) is 5.69 Å². The number of nitrogens with one attached hydrogen (secondary N) is 1. The molecule has 2 aromatic carbocycles. The minimum absolute atomic E-state index is 0.0465. The fourth-order valence-electron chi connectivity index (χ4n) is 1.92. The van der Waals surface area contributed by atoms with E-state index in [4.69, 9.17) is 9.92 Å². The highest BCUT2D eigenvalue weighted by atomic mass is 32.2. The minimum atomic E-state index is -4.08. The monoisotopic (exact) mass is 352 g/mol. The second-order valence-corrected chi connectivity index (χ2v) is 6.56. The van der Waals surface area contributed by atoms with Crippen molar-refractivity contribution in [1.82, 2.24) is 0 Å². The van der Waals surface area contributed by atoms with Crippen LogP contribution >= 0.6 is 0 Å². The molecule has 0 aliphatic heterocycles. The number of carbonyl (C=O) groups is 1. The van der Waals surface area contributed by atoms with Crippen LogP contribution in [0, 0.1) is 5.82 Å². The van der Waals surface area contributed by atoms with Crippen LogP contribution in [0.5, 0.6) is 0 Å². The average Bonchev–Trinajstić information content (AvgIpc) is 2.57. The van der Waals surface area contributed by atoms with Crippen LogP contribution < -0.4 is 11.1 Å². The van der Waals surface area contributed by atoms with E-state index in [-0.39, 0.29) is 22.7 Å². The number of hydrogen-bond acceptors (Lipinski definition) is 5. The van der Waals surface area contributed by atoms with E-state index < -0.39 is 27.9 Å². The number of rotatable bonds is 6. The standard InChI is InChI=1S/C16H17FN2O4S/c1-2-15(23-24(21,22)12-6-4-3-5-7-12)16(20)19-11-8-9-14(18)13(17)10-11/h3-10,15H,2,18H2,1H3,(H,19,20)/t15-/m1/s1. The molecule has 24 heavy (non-hydrogen) atoms. The Morgan fingerprint density at radius 2 is 1.92 bits per heavy atom. The van der Waals surface area contributed by atoms with Crippen LogP contribution in [-0.2, 0) is 19.1 Å². The molecule has 0 aliphatic rings. The predicted octanol–water partition coefficient (Wildman–Crippen LogP) is 2.53. The zero-order valence-corrected chi connectivity index (χ0v) is 13.7. The van der Waals surface area contributed by atoms with E-state index in [0.29, 0.717) is 0 Å². The summed E-state index contributed by atoms with van der Waals surface area (Å²) < 4.78 is 42.8. The minimum Gasteiger partial charge on any atom is -0.396 e. The molecule has 128 valence electrons. The molecule has 2 aromatic rings. The van der Waals surface area contributed by atoms with Crippen LogP contribution in [0.4, 0.5) is 15.8 Å². The van der Waals surface area contributed by atoms with Gasteiger partial charge in [-0.3, -0.25) is 8.98 Å². The molecule has 0 saturated carbocycles. The zero-order chi connectivity index (χ0) is 17.7. The van der Waals surface area contributed by atoms with Crippen molar-refractivity contribution in [2.24, 2.45) is 0 Å². The third-order valence-electron chi connectivity index (χ3n) is 3.21. The van der Waals surface area contributed by atoms with Crippen LogP contribution in [0.3, 0.4) is 0 Å². The molecule has 0 heterocycles. The molecule has 2 rings (SSSR count). The van der Waals surface area contributed by atoms with Gasteiger partial charge in [0.05, 0.1) is 10.6 Å². The van der Waals surface area contributed by atoms with Crippen LogP contribution in [-0.4, -0.2) is 20.4 Å². The molecule has 0 fully saturated rings. The summed E-state index contributed by atoms with van der Waals surface area (Å²) in [5.74, 6) is -1.38. The summed E-state index contributed by atoms with van der Waals surface area (Å²) in [5.41, 5.74) is 5.47. The number of carbonyl (C=O) groups excluding carboxylic acids is 1. The van der Waals surface area contributed by atoms with Crippen molar-refractivity contribution in [3.63, 3.8) is 0 Å². The number of hydrogen-bond donors (Lipinski definition) is 2. The number of amides is 1. The van der Waals surface area contributed by atoms with Gasteiger partial charge >= 0.3 is 0 Å². The van der Waals surface area contributed by atoms with Gasteiger partial charge in [0.25, 0.3) is 16.0 Å². The lowest BCUT2D eigenvalue weighted by Gasteiger charge is -2.16. The maximum Gasteiger partial charge on any atom is 0.297 e. The maximum atomic E-state index is 13.4. The van der Waals surface area contributed by atoms with Gasteiger partial charge in [-0.25, -0.2) is 4.39 Å². The predicted molar refractivity (Wildman–Crippen MR) is 88.2 cm³/mol. The van der Waals surface area contributed by atoms with Crippen molar-refractivity contribution in [2.45, 2.75) is 24.3 Å². The first-order valence-corrected chi connectivity index (χ1v) is 8.58. The van der Waals surface area contributed by atoms with Crippen LogP contribution in [0.25, 0.3) is 0 Å². The first-order valence-electron chi connectivity index (χ1n) is 7.17. The highest BCUT2D eigenvalue weighted by Crippen LogP contribution is 2.19. The van der Waals surface area contributed by atoms with Gasteiger partial charge in [-0.1, -0.05) is 25.1 Å². The smallest absolute Gasteiger partial charge is 0.297 e. The Balaban J connectivity index is 2.13. The zero-order valence-electron chi connectivity index (χ0n) is 12.9. The lowest BCUT2D eigenvalue weighted by atomic mass is 10.2. The molecule has 0 radical (unpaired) electrons. The number of nitrogen functional groups attached to an aromatic ring is 1. The molecule has 1 amide bonds. The van der Waals surface area contributed by atoms with Gasteiger partial charge in [0.2, 0.25) is 0 Å². The quantitative estimate of drug-likeness (QED) is 0.615. The van der Waals surface area contributed by atoms with Gasteiger partial charge < -0.3 is 11.1 Å². The Morgan fingerprint density at radius 1 is 1.25 bits per heavy atom. The van der Waals surface area contributed by atoms with Gasteiger partial charge in [0.15, 0.2) is 6.10 Å². The molecule has 6 nitrogen and oxygen atoms in total. The summed E-state index contributed by atoms with van der Waals surface area (Å²) in [6.45, 7) is 1.61. The molecule has 0 unspecified atom stereocenters. The molecule has 0 saturated heterocycles. The van der Waals surface area contributed by atoms with Crippen molar-refractivity contribution < 1.29 is 21.8 Å². The van der Waals surface area contributed by atoms with Crippen molar-refractivity contribution in [1.29, 1.82) is 0 Å². The summed E-state index contributed by atoms with van der Waals surface area (Å²) in [4.78, 5) is 12.1. The van der Waals surface area contributed by atoms with Gasteiger partial charge in [-0.05, 0) is 36.8 Å². The SMILES string of the molecule is CC[C@@H](OS(=O)(=O)c1ccccc1)C(=O)Nc1ccc(N)c(F)c1. The third kappa shape index (κ3) is 4.30. The van der Waals surface area contributed by atoms with Crippen LogP contribution in [0.2, 0.25) is 0 Å². The van der Waals surface area contributed by atoms with Gasteiger partial charge in [-0.2, -0.15) is 8.42 Å². The second kappa shape index (κ2) is 7.41. The Bertz CT molecular complexity index is 825. The van der Waals surface area contributed by atoms with Crippen molar-refractivity contribution in [2.75, 3.05) is 11.1 Å². The van der Waals surface area contributed by atoms with E-state index in [1.165, 1.54) is 24.3 Å². The molecular formula is C16H17FN2O4S. The molecule has 8 heteroatoms. The summed E-state index contributed by atoms with van der Waals surface area (Å²) in [7, 11) is -4.08. The summed E-state index contributed by atoms with van der Waals surface area (Å²) in [6, 6.07) is 11.3. The second-order valence-electron chi connectivity index (χ2n) is 4.99.